The molecule has 1 heterocycles. The number of aryl methyl sites for hydroxylation is 1. The molecule has 3 N–H and O–H groups in total. The highest BCUT2D eigenvalue weighted by Crippen LogP contribution is 2.38. The van der Waals surface area contributed by atoms with Crippen molar-refractivity contribution in [3.8, 4) is 0 Å². The summed E-state index contributed by atoms with van der Waals surface area (Å²) in [6, 6.07) is 18.8. The number of nitrogens with one attached hydrogen (secondary N) is 2. The molecule has 3 aromatic carbocycles. The molecule has 9 heteroatoms. The zero-order chi connectivity index (χ0) is 28.8. The molecule has 0 saturated heterocycles. The van der Waals surface area contributed by atoms with Crippen LogP contribution in [0.25, 0.3) is 11.3 Å². The van der Waals surface area contributed by atoms with Crippen LogP contribution in [0, 0.1) is 5.82 Å². The third-order valence-corrected chi connectivity index (χ3v) is 6.71. The smallest absolute Gasteiger partial charge is 0.303 e. The topological polar surface area (TPSA) is 102 Å². The number of halogens is 1. The van der Waals surface area contributed by atoms with E-state index in [1.807, 2.05) is 67.5 Å². The fourth-order valence-electron chi connectivity index (χ4n) is 4.58. The van der Waals surface area contributed by atoms with Crippen LogP contribution in [-0.2, 0) is 20.8 Å². The van der Waals surface area contributed by atoms with E-state index in [0.29, 0.717) is 46.6 Å². The molecule has 0 saturated carbocycles. The number of anilines is 3. The average Bonchev–Trinajstić information content (AvgIpc) is 3.24. The Bertz CT molecular complexity index is 1450. The lowest BCUT2D eigenvalue weighted by molar-refractivity contribution is -0.137. The Kier molecular flexibility index (Phi) is 8.96. The maximum Gasteiger partial charge on any atom is 0.303 e. The molecule has 1 aliphatic rings. The summed E-state index contributed by atoms with van der Waals surface area (Å²) in [7, 11) is 5.69. The molecule has 208 valence electrons. The molecule has 0 unspecified atom stereocenters. The van der Waals surface area contributed by atoms with Crippen LogP contribution in [0.3, 0.4) is 0 Å². The fourth-order valence-corrected chi connectivity index (χ4v) is 4.58. The molecule has 4 rings (SSSR count). The molecule has 0 fully saturated rings. The minimum absolute atomic E-state index is 0.0196. The summed E-state index contributed by atoms with van der Waals surface area (Å²) in [6.07, 6.45) is 1.53. The molecule has 3 aromatic rings. The number of rotatable bonds is 11. The van der Waals surface area contributed by atoms with E-state index in [4.69, 9.17) is 5.11 Å². The monoisotopic (exact) mass is 544 g/mol. The summed E-state index contributed by atoms with van der Waals surface area (Å²) >= 11 is 0. The number of benzene rings is 3. The van der Waals surface area contributed by atoms with Crippen LogP contribution in [-0.4, -0.2) is 55.5 Å². The first-order valence-corrected chi connectivity index (χ1v) is 13.1. The molecule has 0 aliphatic carbocycles. The maximum absolute atomic E-state index is 13.9. The van der Waals surface area contributed by atoms with Gasteiger partial charge in [-0.15, -0.1) is 0 Å². The van der Waals surface area contributed by atoms with Crippen molar-refractivity contribution >= 4 is 46.1 Å². The molecule has 0 aromatic heterocycles. The number of carbonyl (C=O) groups excluding carboxylic acids is 2. The first-order valence-electron chi connectivity index (χ1n) is 13.1. The normalized spacial score (nSPS) is 13.6. The lowest BCUT2D eigenvalue weighted by Gasteiger charge is -2.20. The van der Waals surface area contributed by atoms with E-state index in [1.165, 1.54) is 12.1 Å². The van der Waals surface area contributed by atoms with Gasteiger partial charge in [-0.1, -0.05) is 18.2 Å². The third-order valence-electron chi connectivity index (χ3n) is 6.71. The molecular weight excluding hydrogens is 511 g/mol. The first kappa shape index (κ1) is 28.5. The van der Waals surface area contributed by atoms with Crippen LogP contribution in [0.15, 0.2) is 66.7 Å². The van der Waals surface area contributed by atoms with Crippen molar-refractivity contribution in [2.75, 3.05) is 43.2 Å². The van der Waals surface area contributed by atoms with Crippen LogP contribution in [0.2, 0.25) is 0 Å². The van der Waals surface area contributed by atoms with Crippen molar-refractivity contribution in [1.82, 2.24) is 4.90 Å². The van der Waals surface area contributed by atoms with Gasteiger partial charge in [0.2, 0.25) is 5.91 Å². The van der Waals surface area contributed by atoms with Crippen molar-refractivity contribution in [2.45, 2.75) is 25.7 Å². The van der Waals surface area contributed by atoms with Gasteiger partial charge in [-0.3, -0.25) is 14.4 Å². The van der Waals surface area contributed by atoms with E-state index in [1.54, 1.807) is 18.0 Å². The highest BCUT2D eigenvalue weighted by molar-refractivity contribution is 6.37. The molecule has 0 atom stereocenters. The molecule has 0 radical (unpaired) electrons. The van der Waals surface area contributed by atoms with Crippen molar-refractivity contribution < 1.29 is 23.9 Å². The van der Waals surface area contributed by atoms with E-state index >= 15 is 0 Å². The summed E-state index contributed by atoms with van der Waals surface area (Å²) in [5.41, 5.74) is 4.70. The number of hydrogen-bond acceptors (Lipinski definition) is 5. The van der Waals surface area contributed by atoms with Gasteiger partial charge < -0.3 is 25.5 Å². The van der Waals surface area contributed by atoms with E-state index in [-0.39, 0.29) is 18.2 Å². The van der Waals surface area contributed by atoms with Crippen molar-refractivity contribution in [3.63, 3.8) is 0 Å². The Hall–Kier alpha value is -4.50. The van der Waals surface area contributed by atoms with Crippen LogP contribution in [0.4, 0.5) is 21.5 Å². The van der Waals surface area contributed by atoms with Crippen LogP contribution in [0.5, 0.6) is 0 Å². The fraction of sp³-hybridized carbons (Fsp3) is 0.258. The quantitative estimate of drug-likeness (QED) is 0.291. The number of fused-ring (bicyclic) bond motifs is 1. The Morgan fingerprint density at radius 2 is 1.73 bits per heavy atom. The first-order chi connectivity index (χ1) is 19.1. The minimum Gasteiger partial charge on any atom is -0.481 e. The Labute approximate surface area is 233 Å². The number of carboxylic acid groups (broad SMARTS) is 1. The van der Waals surface area contributed by atoms with Gasteiger partial charge in [-0.2, -0.15) is 0 Å². The Balaban J connectivity index is 1.66. The van der Waals surface area contributed by atoms with Gasteiger partial charge in [0.15, 0.2) is 0 Å². The van der Waals surface area contributed by atoms with E-state index in [2.05, 4.69) is 10.6 Å². The summed E-state index contributed by atoms with van der Waals surface area (Å²) in [6.45, 7) is 0.834. The van der Waals surface area contributed by atoms with Crippen molar-refractivity contribution in [2.24, 2.45) is 0 Å². The predicted molar refractivity (Wildman–Crippen MR) is 156 cm³/mol. The molecular formula is C31H33FN4O4. The molecule has 0 bridgehead atoms. The minimum atomic E-state index is -0.894. The summed E-state index contributed by atoms with van der Waals surface area (Å²) < 4.78 is 13.9. The molecule has 40 heavy (non-hydrogen) atoms. The van der Waals surface area contributed by atoms with Crippen LogP contribution < -0.4 is 15.5 Å². The van der Waals surface area contributed by atoms with E-state index < -0.39 is 11.8 Å². The highest BCUT2D eigenvalue weighted by atomic mass is 19.1. The number of carboxylic acids is 1. The van der Waals surface area contributed by atoms with Crippen molar-refractivity contribution in [3.05, 3.63) is 89.2 Å². The van der Waals surface area contributed by atoms with E-state index in [0.717, 1.165) is 24.2 Å². The van der Waals surface area contributed by atoms with Crippen LogP contribution >= 0.6 is 0 Å². The molecule has 1 aliphatic heterocycles. The lowest BCUT2D eigenvalue weighted by atomic mass is 9.97. The molecule has 8 nitrogen and oxygen atoms in total. The Morgan fingerprint density at radius 3 is 2.42 bits per heavy atom. The van der Waals surface area contributed by atoms with Gasteiger partial charge in [-0.25, -0.2) is 4.39 Å². The zero-order valence-corrected chi connectivity index (χ0v) is 22.8. The maximum atomic E-state index is 13.9. The number of nitrogens with zero attached hydrogens (tertiary/aromatic N) is 2. The molecule has 2 amide bonds. The predicted octanol–water partition coefficient (Wildman–Crippen LogP) is 5.08. The number of carbonyl (C=O) groups is 3. The number of hydrogen-bond donors (Lipinski definition) is 3. The number of amides is 2. The van der Waals surface area contributed by atoms with Gasteiger partial charge in [0.05, 0.1) is 17.0 Å². The van der Waals surface area contributed by atoms with Gasteiger partial charge >= 0.3 is 5.97 Å². The lowest BCUT2D eigenvalue weighted by Crippen LogP contribution is -2.27. The standard InChI is InChI=1S/C31H33FN4O4/c1-35(2)17-5-8-27(37)36(3)24-13-11-23(12-14-24)33-30(21-7-4-6-20(18-21)9-16-28(38)39)29-25-15-10-22(32)19-26(25)34-31(29)40/h4,6-7,10-15,18-19,33H,5,8-9,16-17H2,1-3H3,(H,34,40)(H,38,39)/b30-29-. The van der Waals surface area contributed by atoms with Crippen LogP contribution in [0.1, 0.15) is 36.0 Å². The summed E-state index contributed by atoms with van der Waals surface area (Å²) in [4.78, 5) is 40.5. The largest absolute Gasteiger partial charge is 0.481 e. The van der Waals surface area contributed by atoms with Gasteiger partial charge in [-0.05, 0) is 93.1 Å². The Morgan fingerprint density at radius 1 is 0.975 bits per heavy atom. The number of aliphatic carboxylic acids is 1. The van der Waals surface area contributed by atoms with Gasteiger partial charge in [0, 0.05) is 36.8 Å². The summed E-state index contributed by atoms with van der Waals surface area (Å²) in [5.74, 6) is -1.70. The second kappa shape index (κ2) is 12.6. The average molecular weight is 545 g/mol. The third kappa shape index (κ3) is 6.92. The van der Waals surface area contributed by atoms with Gasteiger partial charge in [0.1, 0.15) is 5.82 Å². The van der Waals surface area contributed by atoms with Crippen molar-refractivity contribution in [1.29, 1.82) is 0 Å². The second-order valence-electron chi connectivity index (χ2n) is 10.0. The molecule has 0 spiro atoms. The highest BCUT2D eigenvalue weighted by Gasteiger charge is 2.29. The zero-order valence-electron chi connectivity index (χ0n) is 22.8. The second-order valence-corrected chi connectivity index (χ2v) is 10.0. The SMILES string of the molecule is CN(C)CCCC(=O)N(C)c1ccc(N/C(=C2\C(=O)Nc3cc(F)ccc32)c2cccc(CCC(=O)O)c2)cc1. The van der Waals surface area contributed by atoms with Gasteiger partial charge in [0.25, 0.3) is 5.91 Å². The summed E-state index contributed by atoms with van der Waals surface area (Å²) in [5, 5.41) is 15.2. The van der Waals surface area contributed by atoms with E-state index in [9.17, 15) is 18.8 Å².